The number of oxime groups is 1. The lowest BCUT2D eigenvalue weighted by Crippen LogP contribution is -2.29. The number of hydrogen-bond acceptors (Lipinski definition) is 4. The fourth-order valence-corrected chi connectivity index (χ4v) is 1.29. The molecule has 0 atom stereocenters. The Kier molecular flexibility index (Phi) is 2.44. The highest BCUT2D eigenvalue weighted by molar-refractivity contribution is 9.10. The first-order valence-electron chi connectivity index (χ1n) is 3.90. The van der Waals surface area contributed by atoms with Gasteiger partial charge in [0.15, 0.2) is 0 Å². The zero-order valence-corrected chi connectivity index (χ0v) is 8.44. The van der Waals surface area contributed by atoms with E-state index in [1.165, 1.54) is 0 Å². The zero-order chi connectivity index (χ0) is 9.10. The van der Waals surface area contributed by atoms with Gasteiger partial charge in [-0.3, -0.25) is 0 Å². The lowest BCUT2D eigenvalue weighted by molar-refractivity contribution is 0.144. The van der Waals surface area contributed by atoms with E-state index in [4.69, 9.17) is 4.84 Å². The van der Waals surface area contributed by atoms with Crippen LogP contribution in [0.1, 0.15) is 0 Å². The van der Waals surface area contributed by atoms with E-state index in [1.54, 1.807) is 12.5 Å². The quantitative estimate of drug-likeness (QED) is 0.751. The molecular formula is C8H8BrN3O. The van der Waals surface area contributed by atoms with Crippen LogP contribution in [0.25, 0.3) is 0 Å². The fourth-order valence-electron chi connectivity index (χ4n) is 1.05. The summed E-state index contributed by atoms with van der Waals surface area (Å²) >= 11 is 3.33. The minimum Gasteiger partial charge on any atom is -0.393 e. The van der Waals surface area contributed by atoms with Gasteiger partial charge in [-0.1, -0.05) is 5.16 Å². The molecule has 5 heteroatoms. The fraction of sp³-hybridized carbons (Fsp3) is 0.250. The molecular weight excluding hydrogens is 234 g/mol. The van der Waals surface area contributed by atoms with E-state index >= 15 is 0 Å². The first-order chi connectivity index (χ1) is 6.36. The first kappa shape index (κ1) is 8.50. The van der Waals surface area contributed by atoms with Crippen LogP contribution >= 0.6 is 15.9 Å². The molecule has 0 fully saturated rings. The molecule has 1 aliphatic heterocycles. The van der Waals surface area contributed by atoms with Crippen LogP contribution in [0.3, 0.4) is 0 Å². The van der Waals surface area contributed by atoms with Crippen molar-refractivity contribution in [1.82, 2.24) is 4.98 Å². The molecule has 0 unspecified atom stereocenters. The van der Waals surface area contributed by atoms with Crippen LogP contribution in [0.5, 0.6) is 0 Å². The molecule has 0 radical (unpaired) electrons. The Morgan fingerprint density at radius 2 is 2.38 bits per heavy atom. The highest BCUT2D eigenvalue weighted by Gasteiger charge is 2.08. The van der Waals surface area contributed by atoms with Gasteiger partial charge >= 0.3 is 0 Å². The van der Waals surface area contributed by atoms with Crippen LogP contribution in [0, 0.1) is 0 Å². The van der Waals surface area contributed by atoms with Gasteiger partial charge < -0.3 is 9.74 Å². The minimum atomic E-state index is 0.605. The van der Waals surface area contributed by atoms with E-state index < -0.39 is 0 Å². The smallest absolute Gasteiger partial charge is 0.136 e. The number of nitrogens with zero attached hydrogens (tertiary/aromatic N) is 3. The topological polar surface area (TPSA) is 37.7 Å². The molecule has 1 aromatic heterocycles. The SMILES string of the molecule is Brc1ccc(N2C=NOCC2)nc1. The van der Waals surface area contributed by atoms with Crippen LogP contribution in [0.2, 0.25) is 0 Å². The van der Waals surface area contributed by atoms with Gasteiger partial charge in [-0.2, -0.15) is 0 Å². The van der Waals surface area contributed by atoms with Gasteiger partial charge in [-0.05, 0) is 28.1 Å². The number of halogens is 1. The van der Waals surface area contributed by atoms with Gasteiger partial charge in [0.2, 0.25) is 0 Å². The standard InChI is InChI=1S/C8H8BrN3O/c9-7-1-2-8(10-5-7)12-3-4-13-11-6-12/h1-2,5-6H,3-4H2. The highest BCUT2D eigenvalue weighted by Crippen LogP contribution is 2.14. The van der Waals surface area contributed by atoms with Crippen molar-refractivity contribution in [3.05, 3.63) is 22.8 Å². The third-order valence-corrected chi connectivity index (χ3v) is 2.16. The second kappa shape index (κ2) is 3.74. The maximum absolute atomic E-state index is 4.84. The van der Waals surface area contributed by atoms with Gasteiger partial charge in [0.25, 0.3) is 0 Å². The lowest BCUT2D eigenvalue weighted by Gasteiger charge is -2.20. The predicted octanol–water partition coefficient (Wildman–Crippen LogP) is 1.62. The van der Waals surface area contributed by atoms with Crippen LogP contribution in [0.4, 0.5) is 5.82 Å². The molecule has 1 aliphatic rings. The number of pyridine rings is 1. The molecule has 0 saturated heterocycles. The Morgan fingerprint density at radius 1 is 1.46 bits per heavy atom. The van der Waals surface area contributed by atoms with Gasteiger partial charge in [0, 0.05) is 10.7 Å². The van der Waals surface area contributed by atoms with Crippen molar-refractivity contribution in [2.24, 2.45) is 5.16 Å². The summed E-state index contributed by atoms with van der Waals surface area (Å²) in [7, 11) is 0. The minimum absolute atomic E-state index is 0.605. The molecule has 0 saturated carbocycles. The van der Waals surface area contributed by atoms with Gasteiger partial charge in [-0.25, -0.2) is 4.98 Å². The second-order valence-electron chi connectivity index (χ2n) is 2.58. The number of aromatic nitrogens is 1. The van der Waals surface area contributed by atoms with Crippen molar-refractivity contribution in [3.63, 3.8) is 0 Å². The Bertz CT molecular complexity index is 312. The molecule has 2 rings (SSSR count). The van der Waals surface area contributed by atoms with E-state index in [-0.39, 0.29) is 0 Å². The third-order valence-electron chi connectivity index (χ3n) is 1.69. The van der Waals surface area contributed by atoms with Crippen molar-refractivity contribution in [2.45, 2.75) is 0 Å². The Labute approximate surface area is 84.3 Å². The maximum atomic E-state index is 4.84. The molecule has 0 amide bonds. The van der Waals surface area contributed by atoms with Crippen molar-refractivity contribution < 1.29 is 4.84 Å². The van der Waals surface area contributed by atoms with E-state index in [0.29, 0.717) is 6.61 Å². The monoisotopic (exact) mass is 241 g/mol. The van der Waals surface area contributed by atoms with Crippen LogP contribution in [-0.2, 0) is 4.84 Å². The summed E-state index contributed by atoms with van der Waals surface area (Å²) in [6.07, 6.45) is 3.40. The Hall–Kier alpha value is -1.10. The van der Waals surface area contributed by atoms with E-state index in [2.05, 4.69) is 26.1 Å². The summed E-state index contributed by atoms with van der Waals surface area (Å²) in [4.78, 5) is 11.0. The van der Waals surface area contributed by atoms with E-state index in [0.717, 1.165) is 16.8 Å². The van der Waals surface area contributed by atoms with Crippen molar-refractivity contribution in [1.29, 1.82) is 0 Å². The van der Waals surface area contributed by atoms with E-state index in [9.17, 15) is 0 Å². The Balaban J connectivity index is 2.19. The van der Waals surface area contributed by atoms with Crippen molar-refractivity contribution >= 4 is 28.1 Å². The molecule has 0 aromatic carbocycles. The molecule has 0 N–H and O–H groups in total. The van der Waals surface area contributed by atoms with Crippen LogP contribution in [-0.4, -0.2) is 24.5 Å². The molecule has 4 nitrogen and oxygen atoms in total. The van der Waals surface area contributed by atoms with Crippen molar-refractivity contribution in [2.75, 3.05) is 18.1 Å². The van der Waals surface area contributed by atoms with Crippen molar-refractivity contribution in [3.8, 4) is 0 Å². The predicted molar refractivity (Wildman–Crippen MR) is 53.7 cm³/mol. The number of rotatable bonds is 1. The highest BCUT2D eigenvalue weighted by atomic mass is 79.9. The van der Waals surface area contributed by atoms with Gasteiger partial charge in [0.05, 0.1) is 6.54 Å². The summed E-state index contributed by atoms with van der Waals surface area (Å²) in [5.41, 5.74) is 0. The summed E-state index contributed by atoms with van der Waals surface area (Å²) in [5.74, 6) is 0.884. The van der Waals surface area contributed by atoms with E-state index in [1.807, 2.05) is 17.0 Å². The molecule has 13 heavy (non-hydrogen) atoms. The molecule has 0 aliphatic carbocycles. The Morgan fingerprint density at radius 3 is 3.00 bits per heavy atom. The number of anilines is 1. The third kappa shape index (κ3) is 1.98. The summed E-state index contributed by atoms with van der Waals surface area (Å²) in [5, 5.41) is 3.71. The lowest BCUT2D eigenvalue weighted by atomic mass is 10.4. The molecule has 0 bridgehead atoms. The molecule has 0 spiro atoms. The normalized spacial score (nSPS) is 15.6. The molecule has 1 aromatic rings. The molecule has 2 heterocycles. The maximum Gasteiger partial charge on any atom is 0.136 e. The summed E-state index contributed by atoms with van der Waals surface area (Å²) in [6.45, 7) is 1.40. The van der Waals surface area contributed by atoms with Gasteiger partial charge in [-0.15, -0.1) is 0 Å². The van der Waals surface area contributed by atoms with Crippen LogP contribution in [0.15, 0.2) is 28.0 Å². The first-order valence-corrected chi connectivity index (χ1v) is 4.69. The molecule has 68 valence electrons. The van der Waals surface area contributed by atoms with Gasteiger partial charge in [0.1, 0.15) is 18.8 Å². The zero-order valence-electron chi connectivity index (χ0n) is 6.85. The number of hydrogen-bond donors (Lipinski definition) is 0. The average molecular weight is 242 g/mol. The summed E-state index contributed by atoms with van der Waals surface area (Å²) in [6, 6.07) is 3.88. The largest absolute Gasteiger partial charge is 0.393 e. The second-order valence-corrected chi connectivity index (χ2v) is 3.50. The summed E-state index contributed by atoms with van der Waals surface area (Å²) < 4.78 is 0.974. The average Bonchev–Trinajstić information content (AvgIpc) is 2.20. The van der Waals surface area contributed by atoms with Crippen LogP contribution < -0.4 is 4.90 Å².